The molecular weight excluding hydrogens is 281 g/mol. The van der Waals surface area contributed by atoms with E-state index in [1.54, 1.807) is 0 Å². The van der Waals surface area contributed by atoms with E-state index in [-0.39, 0.29) is 22.4 Å². The standard InChI is InChI=1S/C3H5F3O3S.Ag/c1-2-9-10(7,8)3(4,5)6;/h2H2,1H3;. The van der Waals surface area contributed by atoms with Crippen molar-refractivity contribution >= 4 is 10.1 Å². The average molecular weight is 286 g/mol. The normalized spacial score (nSPS) is 12.4. The fourth-order valence-electron chi connectivity index (χ4n) is 0.222. The Morgan fingerprint density at radius 2 is 1.73 bits per heavy atom. The third-order valence-electron chi connectivity index (χ3n) is 0.556. The zero-order chi connectivity index (χ0) is 8.41. The molecule has 0 heterocycles. The van der Waals surface area contributed by atoms with Crippen molar-refractivity contribution in [3.05, 3.63) is 0 Å². The van der Waals surface area contributed by atoms with Crippen LogP contribution in [0.25, 0.3) is 0 Å². The molecule has 0 bridgehead atoms. The third-order valence-corrected chi connectivity index (χ3v) is 1.67. The van der Waals surface area contributed by atoms with Crippen LogP contribution in [0.5, 0.6) is 0 Å². The van der Waals surface area contributed by atoms with Gasteiger partial charge in [-0.1, -0.05) is 0 Å². The second-order valence-electron chi connectivity index (χ2n) is 1.31. The number of hydrogen-bond acceptors (Lipinski definition) is 3. The molecule has 0 saturated carbocycles. The zero-order valence-corrected chi connectivity index (χ0v) is 7.57. The van der Waals surface area contributed by atoms with Crippen LogP contribution in [0.1, 0.15) is 6.92 Å². The summed E-state index contributed by atoms with van der Waals surface area (Å²) >= 11 is 0. The van der Waals surface area contributed by atoms with E-state index in [0.29, 0.717) is 0 Å². The van der Waals surface area contributed by atoms with Crippen LogP contribution in [0.15, 0.2) is 0 Å². The van der Waals surface area contributed by atoms with Gasteiger partial charge in [0.2, 0.25) is 0 Å². The van der Waals surface area contributed by atoms with Gasteiger partial charge >= 0.3 is 15.6 Å². The van der Waals surface area contributed by atoms with Crippen LogP contribution in [-0.4, -0.2) is 20.5 Å². The summed E-state index contributed by atoms with van der Waals surface area (Å²) in [6, 6.07) is 0. The Hall–Kier alpha value is 0.440. The second-order valence-corrected chi connectivity index (χ2v) is 2.91. The predicted octanol–water partition coefficient (Wildman–Crippen LogP) is 0.870. The number of hydrogen-bond donors (Lipinski definition) is 0. The average Bonchev–Trinajstić information content (AvgIpc) is 1.61. The zero-order valence-electron chi connectivity index (χ0n) is 5.28. The minimum atomic E-state index is -5.35. The van der Waals surface area contributed by atoms with Crippen LogP contribution in [0.3, 0.4) is 0 Å². The van der Waals surface area contributed by atoms with Crippen LogP contribution in [0, 0.1) is 0 Å². The first-order valence-corrected chi connectivity index (χ1v) is 3.68. The van der Waals surface area contributed by atoms with E-state index in [1.165, 1.54) is 0 Å². The summed E-state index contributed by atoms with van der Waals surface area (Å²) in [7, 11) is -5.35. The molecule has 0 unspecified atom stereocenters. The second kappa shape index (κ2) is 4.46. The molecular formula is C3H5AgF3O3S. The molecule has 0 aliphatic rings. The van der Waals surface area contributed by atoms with Crippen LogP contribution >= 0.6 is 0 Å². The smallest absolute Gasteiger partial charge is 0.263 e. The summed E-state index contributed by atoms with van der Waals surface area (Å²) in [5.74, 6) is 0. The first-order valence-electron chi connectivity index (χ1n) is 2.27. The molecule has 8 heteroatoms. The van der Waals surface area contributed by atoms with E-state index < -0.39 is 22.2 Å². The van der Waals surface area contributed by atoms with Crippen molar-refractivity contribution in [2.45, 2.75) is 12.4 Å². The van der Waals surface area contributed by atoms with Gasteiger partial charge in [0.15, 0.2) is 0 Å². The largest absolute Gasteiger partial charge is 0.523 e. The van der Waals surface area contributed by atoms with Gasteiger partial charge in [-0.3, -0.25) is 4.18 Å². The molecule has 0 aliphatic carbocycles. The third kappa shape index (κ3) is 4.12. The SMILES string of the molecule is CCOS(=O)(=O)C(F)(F)F.[Ag]. The van der Waals surface area contributed by atoms with Crippen LogP contribution in [-0.2, 0) is 36.7 Å². The van der Waals surface area contributed by atoms with E-state index in [0.717, 1.165) is 6.92 Å². The molecule has 0 aliphatic heterocycles. The van der Waals surface area contributed by atoms with Gasteiger partial charge < -0.3 is 0 Å². The molecule has 3 nitrogen and oxygen atoms in total. The van der Waals surface area contributed by atoms with Crippen molar-refractivity contribution in [3.8, 4) is 0 Å². The molecule has 0 saturated heterocycles. The molecule has 0 amide bonds. The van der Waals surface area contributed by atoms with Gasteiger partial charge in [0.25, 0.3) is 0 Å². The molecule has 1 radical (unpaired) electrons. The van der Waals surface area contributed by atoms with Crippen molar-refractivity contribution in [2.75, 3.05) is 6.61 Å². The predicted molar refractivity (Wildman–Crippen MR) is 26.6 cm³/mol. The minimum absolute atomic E-state index is 0. The quantitative estimate of drug-likeness (QED) is 0.430. The Kier molecular flexibility index (Phi) is 5.68. The Bertz CT molecular complexity index is 196. The fraction of sp³-hybridized carbons (Fsp3) is 1.00. The van der Waals surface area contributed by atoms with E-state index in [4.69, 9.17) is 0 Å². The number of halogens is 3. The van der Waals surface area contributed by atoms with Gasteiger partial charge in [0, 0.05) is 22.4 Å². The maximum absolute atomic E-state index is 11.3. The van der Waals surface area contributed by atoms with Crippen molar-refractivity contribution in [3.63, 3.8) is 0 Å². The van der Waals surface area contributed by atoms with Gasteiger partial charge in [-0.15, -0.1) is 0 Å². The minimum Gasteiger partial charge on any atom is -0.263 e. The fourth-order valence-corrected chi connectivity index (χ4v) is 0.666. The molecule has 0 aromatic carbocycles. The van der Waals surface area contributed by atoms with Crippen molar-refractivity contribution in [2.24, 2.45) is 0 Å². The Morgan fingerprint density at radius 1 is 1.36 bits per heavy atom. The summed E-state index contributed by atoms with van der Waals surface area (Å²) in [6.45, 7) is 0.644. The van der Waals surface area contributed by atoms with Gasteiger partial charge in [-0.2, -0.15) is 21.6 Å². The van der Waals surface area contributed by atoms with Gasteiger partial charge in [-0.05, 0) is 6.92 Å². The van der Waals surface area contributed by atoms with E-state index >= 15 is 0 Å². The number of rotatable bonds is 2. The molecule has 73 valence electrons. The van der Waals surface area contributed by atoms with Crippen molar-refractivity contribution in [1.29, 1.82) is 0 Å². The van der Waals surface area contributed by atoms with Gasteiger partial charge in [0.05, 0.1) is 6.61 Å². The first-order chi connectivity index (χ1) is 4.31. The monoisotopic (exact) mass is 285 g/mol. The van der Waals surface area contributed by atoms with E-state index in [2.05, 4.69) is 4.18 Å². The molecule has 0 spiro atoms. The molecule has 11 heavy (non-hydrogen) atoms. The summed E-state index contributed by atoms with van der Waals surface area (Å²) in [5.41, 5.74) is -5.30. The maximum atomic E-state index is 11.3. The van der Waals surface area contributed by atoms with Crippen LogP contribution in [0.2, 0.25) is 0 Å². The van der Waals surface area contributed by atoms with Crippen LogP contribution < -0.4 is 0 Å². The summed E-state index contributed by atoms with van der Waals surface area (Å²) in [4.78, 5) is 0. The molecule has 0 aromatic heterocycles. The van der Waals surface area contributed by atoms with Gasteiger partial charge in [0.1, 0.15) is 0 Å². The molecule has 0 N–H and O–H groups in total. The van der Waals surface area contributed by atoms with E-state index in [9.17, 15) is 21.6 Å². The molecule has 0 aromatic rings. The van der Waals surface area contributed by atoms with E-state index in [1.807, 2.05) is 0 Å². The summed E-state index contributed by atoms with van der Waals surface area (Å²) in [6.07, 6.45) is 0. The molecule has 0 rings (SSSR count). The van der Waals surface area contributed by atoms with Crippen molar-refractivity contribution in [1.82, 2.24) is 0 Å². The summed E-state index contributed by atoms with van der Waals surface area (Å²) in [5, 5.41) is 0. The number of alkyl halides is 3. The Balaban J connectivity index is 0. The summed E-state index contributed by atoms with van der Waals surface area (Å²) < 4.78 is 57.2. The Labute approximate surface area is 77.5 Å². The molecule has 0 fully saturated rings. The topological polar surface area (TPSA) is 43.4 Å². The molecule has 0 atom stereocenters. The van der Waals surface area contributed by atoms with Gasteiger partial charge in [-0.25, -0.2) is 0 Å². The first kappa shape index (κ1) is 14.0. The Morgan fingerprint density at radius 3 is 1.82 bits per heavy atom. The maximum Gasteiger partial charge on any atom is 0.523 e. The van der Waals surface area contributed by atoms with Crippen molar-refractivity contribution < 1.29 is 48.2 Å². The van der Waals surface area contributed by atoms with Crippen LogP contribution in [0.4, 0.5) is 13.2 Å².